The van der Waals surface area contributed by atoms with Crippen molar-refractivity contribution in [2.45, 2.75) is 0 Å². The van der Waals surface area contributed by atoms with Crippen LogP contribution in [0.1, 0.15) is 0 Å². The highest BCUT2D eigenvalue weighted by molar-refractivity contribution is 5.57. The minimum absolute atomic E-state index is 1.03. The second-order valence-electron chi connectivity index (χ2n) is 4.13. The molecule has 0 amide bonds. The molecule has 0 aliphatic rings. The number of hydrogen-bond acceptors (Lipinski definition) is 4. The van der Waals surface area contributed by atoms with Gasteiger partial charge < -0.3 is 19.1 Å². The first kappa shape index (κ1) is 20.1. The Morgan fingerprint density at radius 3 is 1.80 bits per heavy atom. The molecule has 0 spiro atoms. The predicted octanol–water partition coefficient (Wildman–Crippen LogP) is 1.90. The topological polar surface area (TPSA) is 55.2 Å². The van der Waals surface area contributed by atoms with Gasteiger partial charge in [0.25, 0.3) is 0 Å². The Hall–Kier alpha value is -2.27. The number of hydrogen-bond donors (Lipinski definition) is 0. The summed E-state index contributed by atoms with van der Waals surface area (Å²) in [5.41, 5.74) is 2.19. The van der Waals surface area contributed by atoms with Gasteiger partial charge in [0.2, 0.25) is 0 Å². The SMILES string of the molecule is C=O.C=O.CN(C)C.Cn1cnc(-c2ccccc2)c1. The van der Waals surface area contributed by atoms with Crippen LogP contribution in [0.2, 0.25) is 0 Å². The van der Waals surface area contributed by atoms with Crippen molar-refractivity contribution in [2.24, 2.45) is 7.05 Å². The lowest BCUT2D eigenvalue weighted by Crippen LogP contribution is -1.99. The minimum Gasteiger partial charge on any atom is -0.340 e. The third-order valence-electron chi connectivity index (χ3n) is 1.77. The van der Waals surface area contributed by atoms with Crippen LogP contribution >= 0.6 is 0 Å². The van der Waals surface area contributed by atoms with E-state index in [0.717, 1.165) is 11.3 Å². The Morgan fingerprint density at radius 1 is 1.00 bits per heavy atom. The van der Waals surface area contributed by atoms with E-state index in [1.165, 1.54) is 0 Å². The van der Waals surface area contributed by atoms with E-state index in [1.54, 1.807) is 0 Å². The van der Waals surface area contributed by atoms with Crippen LogP contribution in [0.5, 0.6) is 0 Å². The van der Waals surface area contributed by atoms with Gasteiger partial charge in [0.05, 0.1) is 12.0 Å². The summed E-state index contributed by atoms with van der Waals surface area (Å²) in [6.45, 7) is 4.00. The van der Waals surface area contributed by atoms with Gasteiger partial charge in [0.15, 0.2) is 0 Å². The summed E-state index contributed by atoms with van der Waals surface area (Å²) in [6, 6.07) is 10.2. The Bertz CT molecular complexity index is 437. The van der Waals surface area contributed by atoms with Crippen molar-refractivity contribution in [3.05, 3.63) is 42.9 Å². The second-order valence-corrected chi connectivity index (χ2v) is 4.13. The molecular weight excluding hydrogens is 254 g/mol. The van der Waals surface area contributed by atoms with Gasteiger partial charge in [-0.15, -0.1) is 0 Å². The van der Waals surface area contributed by atoms with E-state index >= 15 is 0 Å². The zero-order valence-corrected chi connectivity index (χ0v) is 12.6. The van der Waals surface area contributed by atoms with Crippen molar-refractivity contribution in [2.75, 3.05) is 21.1 Å². The average Bonchev–Trinajstić information content (AvgIpc) is 2.90. The van der Waals surface area contributed by atoms with Crippen molar-refractivity contribution in [1.29, 1.82) is 0 Å². The molecule has 1 aromatic heterocycles. The molecule has 110 valence electrons. The van der Waals surface area contributed by atoms with Gasteiger partial charge in [-0.2, -0.15) is 0 Å². The number of benzene rings is 1. The van der Waals surface area contributed by atoms with Crippen LogP contribution in [0, 0.1) is 0 Å². The van der Waals surface area contributed by atoms with Crippen molar-refractivity contribution < 1.29 is 9.59 Å². The van der Waals surface area contributed by atoms with Crippen molar-refractivity contribution in [3.63, 3.8) is 0 Å². The summed E-state index contributed by atoms with van der Waals surface area (Å²) in [6.07, 6.45) is 3.82. The third kappa shape index (κ3) is 9.73. The fourth-order valence-electron chi connectivity index (χ4n) is 1.17. The second kappa shape index (κ2) is 13.2. The Kier molecular flexibility index (Phi) is 13.2. The van der Waals surface area contributed by atoms with E-state index in [4.69, 9.17) is 9.59 Å². The first-order chi connectivity index (χ1) is 9.59. The lowest BCUT2D eigenvalue weighted by Gasteiger charge is -1.92. The highest BCUT2D eigenvalue weighted by atomic mass is 16.1. The van der Waals surface area contributed by atoms with Gasteiger partial charge in [0.1, 0.15) is 13.6 Å². The van der Waals surface area contributed by atoms with E-state index in [-0.39, 0.29) is 0 Å². The van der Waals surface area contributed by atoms with E-state index in [1.807, 2.05) is 82.0 Å². The average molecular weight is 277 g/mol. The fourth-order valence-corrected chi connectivity index (χ4v) is 1.17. The van der Waals surface area contributed by atoms with Gasteiger partial charge >= 0.3 is 0 Å². The zero-order valence-electron chi connectivity index (χ0n) is 12.6. The van der Waals surface area contributed by atoms with Gasteiger partial charge in [-0.05, 0) is 21.1 Å². The standard InChI is InChI=1S/C10H10N2.C3H9N.2CH2O/c1-12-7-10(11-8-12)9-5-3-2-4-6-9;1-4(2)3;2*1-2/h2-8H,1H3;1-3H3;2*1H2. The number of nitrogens with zero attached hydrogens (tertiary/aromatic N) is 3. The Morgan fingerprint density at radius 2 is 1.45 bits per heavy atom. The molecule has 1 heterocycles. The summed E-state index contributed by atoms with van der Waals surface area (Å²) in [4.78, 5) is 22.2. The van der Waals surface area contributed by atoms with Crippen LogP contribution in [-0.4, -0.2) is 49.2 Å². The predicted molar refractivity (Wildman–Crippen MR) is 82.5 cm³/mol. The lowest BCUT2D eigenvalue weighted by molar-refractivity contribution is -0.0987. The fraction of sp³-hybridized carbons (Fsp3) is 0.267. The molecule has 5 nitrogen and oxygen atoms in total. The monoisotopic (exact) mass is 277 g/mol. The minimum atomic E-state index is 1.03. The van der Waals surface area contributed by atoms with E-state index < -0.39 is 0 Å². The molecule has 2 rings (SSSR count). The molecule has 0 aliphatic heterocycles. The number of aromatic nitrogens is 2. The van der Waals surface area contributed by atoms with Crippen molar-refractivity contribution >= 4 is 13.6 Å². The largest absolute Gasteiger partial charge is 0.340 e. The molecule has 0 fully saturated rings. The van der Waals surface area contributed by atoms with Gasteiger partial charge in [0, 0.05) is 18.8 Å². The van der Waals surface area contributed by atoms with Crippen LogP contribution in [0.3, 0.4) is 0 Å². The molecule has 0 bridgehead atoms. The summed E-state index contributed by atoms with van der Waals surface area (Å²) in [7, 11) is 7.97. The zero-order chi connectivity index (χ0) is 16.0. The lowest BCUT2D eigenvalue weighted by atomic mass is 10.2. The normalized spacial score (nSPS) is 8.25. The molecule has 20 heavy (non-hydrogen) atoms. The summed E-state index contributed by atoms with van der Waals surface area (Å²) in [5, 5.41) is 0. The molecule has 0 atom stereocenters. The number of rotatable bonds is 1. The summed E-state index contributed by atoms with van der Waals surface area (Å²) in [5.74, 6) is 0. The first-order valence-electron chi connectivity index (χ1n) is 5.81. The van der Waals surface area contributed by atoms with E-state index in [9.17, 15) is 0 Å². The Labute approximate surface area is 120 Å². The molecule has 2 aromatic rings. The maximum atomic E-state index is 8.00. The molecule has 0 saturated heterocycles. The summed E-state index contributed by atoms with van der Waals surface area (Å²) >= 11 is 0. The van der Waals surface area contributed by atoms with Crippen LogP contribution < -0.4 is 0 Å². The van der Waals surface area contributed by atoms with Crippen molar-refractivity contribution in [3.8, 4) is 11.3 Å². The van der Waals surface area contributed by atoms with Crippen LogP contribution in [0.4, 0.5) is 0 Å². The number of imidazole rings is 1. The molecule has 0 saturated carbocycles. The molecule has 0 radical (unpaired) electrons. The van der Waals surface area contributed by atoms with Gasteiger partial charge in [-0.25, -0.2) is 4.98 Å². The van der Waals surface area contributed by atoms with Gasteiger partial charge in [-0.3, -0.25) is 0 Å². The van der Waals surface area contributed by atoms with Gasteiger partial charge in [-0.1, -0.05) is 30.3 Å². The maximum absolute atomic E-state index is 8.00. The Balaban J connectivity index is 0. The highest BCUT2D eigenvalue weighted by Gasteiger charge is 1.97. The molecular formula is C15H23N3O2. The first-order valence-corrected chi connectivity index (χ1v) is 5.81. The number of carbonyl (C=O) groups is 2. The molecule has 0 unspecified atom stereocenters. The number of aryl methyl sites for hydroxylation is 1. The van der Waals surface area contributed by atoms with E-state index in [0.29, 0.717) is 0 Å². The molecule has 0 aliphatic carbocycles. The molecule has 0 N–H and O–H groups in total. The highest BCUT2D eigenvalue weighted by Crippen LogP contribution is 2.14. The maximum Gasteiger partial charge on any atom is 0.106 e. The molecule has 1 aromatic carbocycles. The van der Waals surface area contributed by atoms with Crippen molar-refractivity contribution in [1.82, 2.24) is 14.5 Å². The molecule has 5 heteroatoms. The summed E-state index contributed by atoms with van der Waals surface area (Å²) < 4.78 is 1.95. The van der Waals surface area contributed by atoms with Crippen LogP contribution in [0.15, 0.2) is 42.9 Å². The quantitative estimate of drug-likeness (QED) is 0.799. The third-order valence-corrected chi connectivity index (χ3v) is 1.77. The van der Waals surface area contributed by atoms with E-state index in [2.05, 4.69) is 17.1 Å². The smallest absolute Gasteiger partial charge is 0.106 e. The number of carbonyl (C=O) groups excluding carboxylic acids is 2. The van der Waals surface area contributed by atoms with Crippen LogP contribution in [-0.2, 0) is 16.6 Å². The van der Waals surface area contributed by atoms with Crippen LogP contribution in [0.25, 0.3) is 11.3 Å².